The highest BCUT2D eigenvalue weighted by Gasteiger charge is 2.39. The van der Waals surface area contributed by atoms with Crippen LogP contribution in [-0.4, -0.2) is 23.4 Å². The van der Waals surface area contributed by atoms with Crippen LogP contribution in [0.5, 0.6) is 0 Å². The number of nitro groups is 1. The Morgan fingerprint density at radius 2 is 2.11 bits per heavy atom. The van der Waals surface area contributed by atoms with Gasteiger partial charge in [0.1, 0.15) is 5.69 Å². The topological polar surface area (TPSA) is 84.3 Å². The molecule has 0 aliphatic heterocycles. The predicted octanol–water partition coefficient (Wildman–Crippen LogP) is 1.92. The van der Waals surface area contributed by atoms with Crippen LogP contribution in [0.2, 0.25) is 0 Å². The third-order valence-corrected chi connectivity index (χ3v) is 3.15. The first-order valence-electron chi connectivity index (χ1n) is 5.74. The molecule has 1 fully saturated rings. The second-order valence-corrected chi connectivity index (χ2v) is 4.72. The Kier molecular flexibility index (Phi) is 2.94. The average Bonchev–Trinajstić information content (AvgIpc) is 3.05. The summed E-state index contributed by atoms with van der Waals surface area (Å²) in [5.74, 6) is -0.275. The van der Waals surface area contributed by atoms with Crippen molar-refractivity contribution in [2.45, 2.75) is 25.3 Å². The number of carbonyl (C=O) groups excluding carboxylic acids is 1. The zero-order valence-electron chi connectivity index (χ0n) is 10.3. The molecule has 0 bridgehead atoms. The molecule has 1 amide bonds. The number of rotatable bonds is 4. The first-order chi connectivity index (χ1) is 8.47. The number of hydrogen-bond acceptors (Lipinski definition) is 4. The fourth-order valence-electron chi connectivity index (χ4n) is 1.80. The molecule has 1 saturated carbocycles. The van der Waals surface area contributed by atoms with Gasteiger partial charge in [-0.05, 0) is 25.8 Å². The van der Waals surface area contributed by atoms with E-state index in [2.05, 4.69) is 10.6 Å². The summed E-state index contributed by atoms with van der Waals surface area (Å²) >= 11 is 0. The molecule has 0 saturated heterocycles. The van der Waals surface area contributed by atoms with E-state index >= 15 is 0 Å². The smallest absolute Gasteiger partial charge is 0.293 e. The summed E-state index contributed by atoms with van der Waals surface area (Å²) in [5, 5.41) is 16.5. The molecule has 1 aliphatic carbocycles. The van der Waals surface area contributed by atoms with Crippen LogP contribution in [0, 0.1) is 10.1 Å². The van der Waals surface area contributed by atoms with Crippen LogP contribution in [0.25, 0.3) is 0 Å². The summed E-state index contributed by atoms with van der Waals surface area (Å²) in [4.78, 5) is 22.5. The minimum Gasteiger partial charge on any atom is -0.382 e. The number of anilines is 1. The molecule has 0 unspecified atom stereocenters. The maximum atomic E-state index is 12.1. The van der Waals surface area contributed by atoms with Gasteiger partial charge in [0.2, 0.25) is 0 Å². The third-order valence-electron chi connectivity index (χ3n) is 3.15. The fraction of sp³-hybridized carbons (Fsp3) is 0.417. The predicted molar refractivity (Wildman–Crippen MR) is 67.7 cm³/mol. The number of nitrogens with one attached hydrogen (secondary N) is 2. The lowest BCUT2D eigenvalue weighted by molar-refractivity contribution is -0.384. The first kappa shape index (κ1) is 12.3. The number of benzene rings is 1. The van der Waals surface area contributed by atoms with E-state index in [4.69, 9.17) is 0 Å². The molecule has 0 heterocycles. The van der Waals surface area contributed by atoms with Gasteiger partial charge in [-0.1, -0.05) is 6.07 Å². The van der Waals surface area contributed by atoms with Crippen molar-refractivity contribution in [1.29, 1.82) is 0 Å². The molecule has 1 aromatic carbocycles. The Bertz CT molecular complexity index is 509. The van der Waals surface area contributed by atoms with Crippen molar-refractivity contribution >= 4 is 17.3 Å². The Morgan fingerprint density at radius 1 is 1.44 bits per heavy atom. The van der Waals surface area contributed by atoms with Crippen LogP contribution in [0.1, 0.15) is 30.1 Å². The molecule has 18 heavy (non-hydrogen) atoms. The Balaban J connectivity index is 2.34. The molecule has 6 nitrogen and oxygen atoms in total. The van der Waals surface area contributed by atoms with E-state index in [1.807, 2.05) is 6.92 Å². The van der Waals surface area contributed by atoms with Crippen molar-refractivity contribution in [3.05, 3.63) is 33.9 Å². The Hall–Kier alpha value is -2.11. The van der Waals surface area contributed by atoms with Gasteiger partial charge in [0.25, 0.3) is 11.6 Å². The summed E-state index contributed by atoms with van der Waals surface area (Å²) in [5.41, 5.74) is 0.322. The highest BCUT2D eigenvalue weighted by atomic mass is 16.6. The van der Waals surface area contributed by atoms with Crippen LogP contribution in [0.3, 0.4) is 0 Å². The zero-order chi connectivity index (χ0) is 13.3. The summed E-state index contributed by atoms with van der Waals surface area (Å²) in [7, 11) is 1.57. The van der Waals surface area contributed by atoms with Crippen molar-refractivity contribution < 1.29 is 9.72 Å². The third kappa shape index (κ3) is 2.27. The van der Waals surface area contributed by atoms with E-state index in [9.17, 15) is 14.9 Å². The Morgan fingerprint density at radius 3 is 2.61 bits per heavy atom. The average molecular weight is 249 g/mol. The van der Waals surface area contributed by atoms with Crippen LogP contribution in [-0.2, 0) is 0 Å². The first-order valence-corrected chi connectivity index (χ1v) is 5.74. The van der Waals surface area contributed by atoms with Gasteiger partial charge in [-0.2, -0.15) is 0 Å². The van der Waals surface area contributed by atoms with Gasteiger partial charge in [0, 0.05) is 18.7 Å². The van der Waals surface area contributed by atoms with Crippen LogP contribution >= 0.6 is 0 Å². The summed E-state index contributed by atoms with van der Waals surface area (Å²) < 4.78 is 0. The number of nitro benzene ring substituents is 1. The lowest BCUT2D eigenvalue weighted by Crippen LogP contribution is -2.34. The zero-order valence-corrected chi connectivity index (χ0v) is 10.3. The highest BCUT2D eigenvalue weighted by Crippen LogP contribution is 2.35. The molecular formula is C12H15N3O3. The van der Waals surface area contributed by atoms with Crippen molar-refractivity contribution in [1.82, 2.24) is 5.32 Å². The van der Waals surface area contributed by atoms with Gasteiger partial charge >= 0.3 is 0 Å². The molecule has 0 spiro atoms. The van der Waals surface area contributed by atoms with Gasteiger partial charge in [-0.25, -0.2) is 0 Å². The lowest BCUT2D eigenvalue weighted by Gasteiger charge is -2.14. The normalized spacial score (nSPS) is 15.9. The fourth-order valence-corrected chi connectivity index (χ4v) is 1.80. The van der Waals surface area contributed by atoms with Crippen molar-refractivity contribution in [3.8, 4) is 0 Å². The van der Waals surface area contributed by atoms with Crippen molar-refractivity contribution in [3.63, 3.8) is 0 Å². The number of para-hydroxylation sites is 1. The largest absolute Gasteiger partial charge is 0.382 e. The molecule has 96 valence electrons. The van der Waals surface area contributed by atoms with E-state index in [-0.39, 0.29) is 22.8 Å². The molecule has 6 heteroatoms. The maximum Gasteiger partial charge on any atom is 0.293 e. The van der Waals surface area contributed by atoms with Crippen LogP contribution < -0.4 is 10.6 Å². The molecule has 0 radical (unpaired) electrons. The van der Waals surface area contributed by atoms with E-state index in [0.29, 0.717) is 5.56 Å². The quantitative estimate of drug-likeness (QED) is 0.630. The summed E-state index contributed by atoms with van der Waals surface area (Å²) in [6.07, 6.45) is 1.89. The van der Waals surface area contributed by atoms with Gasteiger partial charge in [-0.15, -0.1) is 0 Å². The Labute approximate surface area is 105 Å². The monoisotopic (exact) mass is 249 g/mol. The lowest BCUT2D eigenvalue weighted by atomic mass is 10.1. The second kappa shape index (κ2) is 4.29. The van der Waals surface area contributed by atoms with Crippen LogP contribution in [0.15, 0.2) is 18.2 Å². The molecule has 0 atom stereocenters. The van der Waals surface area contributed by atoms with Crippen molar-refractivity contribution in [2.24, 2.45) is 0 Å². The SMILES string of the molecule is CNc1c(C(=O)NC2(C)CC2)cccc1[N+](=O)[O-]. The molecule has 1 aromatic rings. The van der Waals surface area contributed by atoms with Gasteiger partial charge in [-0.3, -0.25) is 14.9 Å². The van der Waals surface area contributed by atoms with E-state index in [0.717, 1.165) is 12.8 Å². The number of nitrogens with zero attached hydrogens (tertiary/aromatic N) is 1. The minimum absolute atomic E-state index is 0.0916. The number of amides is 1. The van der Waals surface area contributed by atoms with Gasteiger partial charge in [0.05, 0.1) is 10.5 Å². The molecule has 1 aliphatic rings. The second-order valence-electron chi connectivity index (χ2n) is 4.72. The number of carbonyl (C=O) groups is 1. The standard InChI is InChI=1S/C12H15N3O3/c1-12(6-7-12)14-11(16)8-4-3-5-9(15(17)18)10(8)13-2/h3-5,13H,6-7H2,1-2H3,(H,14,16). The van der Waals surface area contributed by atoms with E-state index in [1.165, 1.54) is 12.1 Å². The maximum absolute atomic E-state index is 12.1. The molecule has 2 rings (SSSR count). The van der Waals surface area contributed by atoms with Crippen LogP contribution in [0.4, 0.5) is 11.4 Å². The van der Waals surface area contributed by atoms with E-state index < -0.39 is 4.92 Å². The van der Waals surface area contributed by atoms with E-state index in [1.54, 1.807) is 13.1 Å². The number of hydrogen-bond donors (Lipinski definition) is 2. The molecular weight excluding hydrogens is 234 g/mol. The molecule has 2 N–H and O–H groups in total. The summed E-state index contributed by atoms with van der Waals surface area (Å²) in [6.45, 7) is 1.96. The molecule has 0 aromatic heterocycles. The van der Waals surface area contributed by atoms with Crippen molar-refractivity contribution in [2.75, 3.05) is 12.4 Å². The minimum atomic E-state index is -0.499. The van der Waals surface area contributed by atoms with Gasteiger partial charge in [0.15, 0.2) is 0 Å². The highest BCUT2D eigenvalue weighted by molar-refractivity contribution is 6.02. The summed E-state index contributed by atoms with van der Waals surface area (Å²) in [6, 6.07) is 4.48. The van der Waals surface area contributed by atoms with Gasteiger partial charge < -0.3 is 10.6 Å².